The number of benzene rings is 1. The lowest BCUT2D eigenvalue weighted by atomic mass is 10.1. The minimum absolute atomic E-state index is 0.0707. The maximum absolute atomic E-state index is 12.3. The van der Waals surface area contributed by atoms with E-state index in [0.717, 1.165) is 16.0 Å². The second kappa shape index (κ2) is 8.61. The van der Waals surface area contributed by atoms with Crippen molar-refractivity contribution in [1.29, 1.82) is 0 Å². The van der Waals surface area contributed by atoms with E-state index in [2.05, 4.69) is 15.4 Å². The van der Waals surface area contributed by atoms with E-state index < -0.39 is 22.9 Å². The van der Waals surface area contributed by atoms with Gasteiger partial charge in [0.2, 0.25) is 0 Å². The zero-order valence-corrected chi connectivity index (χ0v) is 16.6. The number of carbonyl (C=O) groups is 2. The average molecular weight is 429 g/mol. The number of rotatable bonds is 6. The SMILES string of the molecule is CC(OC(=O)c1ccc(=O)n(C)n1)C(=O)Nc1nc(-c2cccc([N+](=O)[O-])c2)cs1. The highest BCUT2D eigenvalue weighted by Gasteiger charge is 2.21. The number of esters is 1. The standard InChI is InChI=1S/C18H15N5O6S/c1-10(29-17(26)13-6-7-15(24)22(2)21-13)16(25)20-18-19-14(9-30-18)11-4-3-5-12(8-11)23(27)28/h3-10H,1-2H3,(H,19,20,25). The second-order valence-corrected chi connectivity index (χ2v) is 6.92. The van der Waals surface area contributed by atoms with Gasteiger partial charge in [-0.15, -0.1) is 11.3 Å². The Morgan fingerprint density at radius 2 is 2.07 bits per heavy atom. The van der Waals surface area contributed by atoms with Gasteiger partial charge in [-0.05, 0) is 13.0 Å². The van der Waals surface area contributed by atoms with Crippen LogP contribution in [-0.2, 0) is 16.6 Å². The monoisotopic (exact) mass is 429 g/mol. The van der Waals surface area contributed by atoms with Crippen molar-refractivity contribution in [2.24, 2.45) is 7.05 Å². The molecule has 2 heterocycles. The Hall–Kier alpha value is -3.93. The number of amides is 1. The fourth-order valence-electron chi connectivity index (χ4n) is 2.34. The minimum Gasteiger partial charge on any atom is -0.448 e. The molecule has 0 fully saturated rings. The molecule has 12 heteroatoms. The number of hydrogen-bond acceptors (Lipinski definition) is 9. The van der Waals surface area contributed by atoms with Crippen LogP contribution in [0.5, 0.6) is 0 Å². The maximum atomic E-state index is 12.3. The van der Waals surface area contributed by atoms with Gasteiger partial charge in [0.15, 0.2) is 16.9 Å². The number of nitrogens with zero attached hydrogens (tertiary/aromatic N) is 4. The van der Waals surface area contributed by atoms with Gasteiger partial charge in [0.1, 0.15) is 0 Å². The Balaban J connectivity index is 1.65. The molecule has 1 amide bonds. The molecule has 0 radical (unpaired) electrons. The molecule has 0 saturated heterocycles. The summed E-state index contributed by atoms with van der Waals surface area (Å²) in [5, 5.41) is 19.1. The van der Waals surface area contributed by atoms with Crippen LogP contribution in [0.15, 0.2) is 46.6 Å². The number of non-ortho nitro benzene ring substituents is 1. The highest BCUT2D eigenvalue weighted by Crippen LogP contribution is 2.27. The van der Waals surface area contributed by atoms with Crippen LogP contribution in [0.2, 0.25) is 0 Å². The second-order valence-electron chi connectivity index (χ2n) is 6.06. The Labute approximate surface area is 173 Å². The van der Waals surface area contributed by atoms with Gasteiger partial charge in [-0.25, -0.2) is 14.5 Å². The highest BCUT2D eigenvalue weighted by atomic mass is 32.1. The van der Waals surface area contributed by atoms with Crippen molar-refractivity contribution >= 4 is 34.0 Å². The van der Waals surface area contributed by atoms with E-state index >= 15 is 0 Å². The summed E-state index contributed by atoms with van der Waals surface area (Å²) in [4.78, 5) is 50.4. The predicted molar refractivity (Wildman–Crippen MR) is 107 cm³/mol. The summed E-state index contributed by atoms with van der Waals surface area (Å²) in [7, 11) is 1.39. The molecule has 2 aromatic heterocycles. The first-order valence-corrected chi connectivity index (χ1v) is 9.39. The van der Waals surface area contributed by atoms with Crippen LogP contribution in [0.1, 0.15) is 17.4 Å². The number of carbonyl (C=O) groups excluding carboxylic acids is 2. The van der Waals surface area contributed by atoms with Crippen LogP contribution in [0, 0.1) is 10.1 Å². The van der Waals surface area contributed by atoms with Gasteiger partial charge in [-0.1, -0.05) is 12.1 Å². The Morgan fingerprint density at radius 1 is 1.30 bits per heavy atom. The van der Waals surface area contributed by atoms with E-state index in [1.807, 2.05) is 0 Å². The number of aromatic nitrogens is 3. The first-order chi connectivity index (χ1) is 14.2. The van der Waals surface area contributed by atoms with Crippen molar-refractivity contribution in [1.82, 2.24) is 14.8 Å². The molecule has 1 atom stereocenters. The first kappa shape index (κ1) is 20.8. The summed E-state index contributed by atoms with van der Waals surface area (Å²) < 4.78 is 6.05. The van der Waals surface area contributed by atoms with Gasteiger partial charge < -0.3 is 4.74 Å². The summed E-state index contributed by atoms with van der Waals surface area (Å²) in [5.41, 5.74) is 0.414. The number of hydrogen-bond donors (Lipinski definition) is 1. The summed E-state index contributed by atoms with van der Waals surface area (Å²) in [5.74, 6) is -1.47. The van der Waals surface area contributed by atoms with Crippen molar-refractivity contribution in [3.63, 3.8) is 0 Å². The zero-order chi connectivity index (χ0) is 21.8. The molecule has 154 valence electrons. The van der Waals surface area contributed by atoms with Crippen molar-refractivity contribution in [2.75, 3.05) is 5.32 Å². The molecule has 11 nitrogen and oxygen atoms in total. The highest BCUT2D eigenvalue weighted by molar-refractivity contribution is 7.14. The molecular weight excluding hydrogens is 414 g/mol. The van der Waals surface area contributed by atoms with Gasteiger partial charge in [0.05, 0.1) is 10.6 Å². The van der Waals surface area contributed by atoms with Crippen LogP contribution in [0.25, 0.3) is 11.3 Å². The Kier molecular flexibility index (Phi) is 5.97. The lowest BCUT2D eigenvalue weighted by molar-refractivity contribution is -0.384. The van der Waals surface area contributed by atoms with Crippen LogP contribution >= 0.6 is 11.3 Å². The fourth-order valence-corrected chi connectivity index (χ4v) is 3.06. The normalized spacial score (nSPS) is 11.5. The van der Waals surface area contributed by atoms with Gasteiger partial charge in [-0.2, -0.15) is 5.10 Å². The topological polar surface area (TPSA) is 146 Å². The quantitative estimate of drug-likeness (QED) is 0.355. The number of anilines is 1. The molecule has 0 aliphatic heterocycles. The third-order valence-electron chi connectivity index (χ3n) is 3.91. The summed E-state index contributed by atoms with van der Waals surface area (Å²) in [6, 6.07) is 8.33. The smallest absolute Gasteiger partial charge is 0.359 e. The molecular formula is C18H15N5O6S. The summed E-state index contributed by atoms with van der Waals surface area (Å²) >= 11 is 1.12. The van der Waals surface area contributed by atoms with E-state index in [1.165, 1.54) is 38.2 Å². The molecule has 30 heavy (non-hydrogen) atoms. The predicted octanol–water partition coefficient (Wildman–Crippen LogP) is 2.00. The van der Waals surface area contributed by atoms with E-state index in [-0.39, 0.29) is 22.1 Å². The largest absolute Gasteiger partial charge is 0.448 e. The lowest BCUT2D eigenvalue weighted by Crippen LogP contribution is -2.31. The van der Waals surface area contributed by atoms with Crippen LogP contribution in [0.4, 0.5) is 10.8 Å². The zero-order valence-electron chi connectivity index (χ0n) is 15.8. The van der Waals surface area contributed by atoms with Crippen molar-refractivity contribution in [2.45, 2.75) is 13.0 Å². The first-order valence-electron chi connectivity index (χ1n) is 8.51. The Bertz CT molecular complexity index is 1190. The molecule has 0 saturated carbocycles. The van der Waals surface area contributed by atoms with Crippen molar-refractivity contribution in [3.8, 4) is 11.3 Å². The molecule has 0 aliphatic carbocycles. The van der Waals surface area contributed by atoms with Crippen LogP contribution in [-0.4, -0.2) is 37.7 Å². The van der Waals surface area contributed by atoms with Crippen LogP contribution in [0.3, 0.4) is 0 Å². The molecule has 1 N–H and O–H groups in total. The van der Waals surface area contributed by atoms with Crippen molar-refractivity contribution in [3.05, 3.63) is 67.9 Å². The van der Waals surface area contributed by atoms with Gasteiger partial charge in [-0.3, -0.25) is 25.0 Å². The fraction of sp³-hybridized carbons (Fsp3) is 0.167. The van der Waals surface area contributed by atoms with E-state index in [0.29, 0.717) is 11.3 Å². The molecule has 1 unspecified atom stereocenters. The number of nitrogens with one attached hydrogen (secondary N) is 1. The molecule has 3 aromatic rings. The van der Waals surface area contributed by atoms with E-state index in [1.54, 1.807) is 17.5 Å². The third kappa shape index (κ3) is 4.72. The van der Waals surface area contributed by atoms with Crippen molar-refractivity contribution < 1.29 is 19.2 Å². The van der Waals surface area contributed by atoms with Gasteiger partial charge in [0, 0.05) is 36.2 Å². The van der Waals surface area contributed by atoms with E-state index in [4.69, 9.17) is 4.74 Å². The lowest BCUT2D eigenvalue weighted by Gasteiger charge is -2.12. The Morgan fingerprint density at radius 3 is 2.77 bits per heavy atom. The molecule has 3 rings (SSSR count). The molecule has 0 aliphatic rings. The average Bonchev–Trinajstić information content (AvgIpc) is 3.18. The molecule has 0 bridgehead atoms. The molecule has 0 spiro atoms. The number of aryl methyl sites for hydroxylation is 1. The third-order valence-corrected chi connectivity index (χ3v) is 4.67. The van der Waals surface area contributed by atoms with Crippen LogP contribution < -0.4 is 10.9 Å². The van der Waals surface area contributed by atoms with Gasteiger partial charge in [0.25, 0.3) is 17.2 Å². The summed E-state index contributed by atoms with van der Waals surface area (Å²) in [6.45, 7) is 1.38. The number of thiazole rings is 1. The van der Waals surface area contributed by atoms with Gasteiger partial charge >= 0.3 is 5.97 Å². The van der Waals surface area contributed by atoms with E-state index in [9.17, 15) is 24.5 Å². The molecule has 1 aromatic carbocycles. The minimum atomic E-state index is -1.15. The number of ether oxygens (including phenoxy) is 1. The number of nitro groups is 1. The number of nitro benzene ring substituents is 1. The summed E-state index contributed by atoms with van der Waals surface area (Å²) in [6.07, 6.45) is -1.15. The maximum Gasteiger partial charge on any atom is 0.359 e.